The Bertz CT molecular complexity index is 232. The van der Waals surface area contributed by atoms with Gasteiger partial charge in [0.2, 0.25) is 0 Å². The van der Waals surface area contributed by atoms with E-state index in [1.54, 1.807) is 11.3 Å². The van der Waals surface area contributed by atoms with Crippen LogP contribution in [0.2, 0.25) is 0 Å². The summed E-state index contributed by atoms with van der Waals surface area (Å²) in [5.41, 5.74) is 0.964. The van der Waals surface area contributed by atoms with Gasteiger partial charge in [0.1, 0.15) is 6.10 Å². The summed E-state index contributed by atoms with van der Waals surface area (Å²) in [5.74, 6) is 0. The van der Waals surface area contributed by atoms with Crippen molar-refractivity contribution in [2.75, 3.05) is 13.2 Å². The van der Waals surface area contributed by atoms with E-state index in [1.807, 2.05) is 25.3 Å². The van der Waals surface area contributed by atoms with E-state index in [2.05, 4.69) is 0 Å². The molecule has 1 aromatic rings. The number of aryl methyl sites for hydroxylation is 1. The van der Waals surface area contributed by atoms with E-state index < -0.39 is 6.10 Å². The molecule has 0 fully saturated rings. The van der Waals surface area contributed by atoms with Crippen LogP contribution in [0.3, 0.4) is 0 Å². The molecule has 0 aromatic carbocycles. The quantitative estimate of drug-likeness (QED) is 0.780. The average Bonchev–Trinajstić information content (AvgIpc) is 2.47. The first-order chi connectivity index (χ1) is 5.74. The third kappa shape index (κ3) is 2.59. The standard InChI is InChI=1S/C9H14O2S/c1-3-11-5-9(10)8-4-7(2)12-6-8/h4,6,9-10H,3,5H2,1-2H3. The second-order valence-corrected chi connectivity index (χ2v) is 3.78. The van der Waals surface area contributed by atoms with Crippen LogP contribution in [0.1, 0.15) is 23.5 Å². The molecule has 2 nitrogen and oxygen atoms in total. The number of hydrogen-bond acceptors (Lipinski definition) is 3. The maximum absolute atomic E-state index is 9.55. The van der Waals surface area contributed by atoms with Gasteiger partial charge >= 0.3 is 0 Å². The van der Waals surface area contributed by atoms with Crippen molar-refractivity contribution < 1.29 is 9.84 Å². The number of rotatable bonds is 4. The van der Waals surface area contributed by atoms with Crippen LogP contribution in [0.25, 0.3) is 0 Å². The van der Waals surface area contributed by atoms with Crippen molar-refractivity contribution in [2.45, 2.75) is 20.0 Å². The molecule has 1 aromatic heterocycles. The van der Waals surface area contributed by atoms with E-state index in [-0.39, 0.29) is 0 Å². The number of ether oxygens (including phenoxy) is 1. The molecule has 0 saturated carbocycles. The number of aliphatic hydroxyl groups excluding tert-OH is 1. The van der Waals surface area contributed by atoms with Crippen molar-refractivity contribution in [3.63, 3.8) is 0 Å². The summed E-state index contributed by atoms with van der Waals surface area (Å²) in [6.45, 7) is 5.00. The zero-order chi connectivity index (χ0) is 8.97. The first-order valence-corrected chi connectivity index (χ1v) is 4.93. The molecule has 1 rings (SSSR count). The van der Waals surface area contributed by atoms with Crippen molar-refractivity contribution >= 4 is 11.3 Å². The molecule has 0 bridgehead atoms. The number of hydrogen-bond donors (Lipinski definition) is 1. The van der Waals surface area contributed by atoms with Crippen LogP contribution in [0.15, 0.2) is 11.4 Å². The van der Waals surface area contributed by atoms with Crippen LogP contribution in [0, 0.1) is 6.92 Å². The highest BCUT2D eigenvalue weighted by molar-refractivity contribution is 7.10. The van der Waals surface area contributed by atoms with Crippen molar-refractivity contribution in [1.29, 1.82) is 0 Å². The minimum Gasteiger partial charge on any atom is -0.386 e. The van der Waals surface area contributed by atoms with Crippen LogP contribution in [-0.2, 0) is 4.74 Å². The summed E-state index contributed by atoms with van der Waals surface area (Å²) >= 11 is 1.65. The van der Waals surface area contributed by atoms with Crippen LogP contribution in [0.4, 0.5) is 0 Å². The van der Waals surface area contributed by atoms with Crippen LogP contribution in [-0.4, -0.2) is 18.3 Å². The topological polar surface area (TPSA) is 29.5 Å². The second-order valence-electron chi connectivity index (χ2n) is 2.67. The summed E-state index contributed by atoms with van der Waals surface area (Å²) in [5, 5.41) is 11.5. The van der Waals surface area contributed by atoms with Gasteiger partial charge in [-0.05, 0) is 30.9 Å². The van der Waals surface area contributed by atoms with Crippen molar-refractivity contribution in [3.05, 3.63) is 21.9 Å². The fourth-order valence-electron chi connectivity index (χ4n) is 0.964. The van der Waals surface area contributed by atoms with Crippen molar-refractivity contribution in [2.24, 2.45) is 0 Å². The summed E-state index contributed by atoms with van der Waals surface area (Å²) in [6.07, 6.45) is -0.463. The molecular formula is C9H14O2S. The molecule has 0 spiro atoms. The fraction of sp³-hybridized carbons (Fsp3) is 0.556. The van der Waals surface area contributed by atoms with E-state index in [0.717, 1.165) is 5.56 Å². The van der Waals surface area contributed by atoms with Gasteiger partial charge in [0, 0.05) is 11.5 Å². The third-order valence-corrected chi connectivity index (χ3v) is 2.50. The maximum Gasteiger partial charge on any atom is 0.103 e. The normalized spacial score (nSPS) is 13.2. The maximum atomic E-state index is 9.55. The zero-order valence-corrected chi connectivity index (χ0v) is 8.23. The Kier molecular flexibility index (Phi) is 3.72. The lowest BCUT2D eigenvalue weighted by Gasteiger charge is -2.07. The fourth-order valence-corrected chi connectivity index (χ4v) is 1.72. The summed E-state index contributed by atoms with van der Waals surface area (Å²) < 4.78 is 5.11. The Labute approximate surface area is 76.8 Å². The summed E-state index contributed by atoms with van der Waals surface area (Å²) in [4.78, 5) is 1.22. The van der Waals surface area contributed by atoms with Gasteiger partial charge in [0.15, 0.2) is 0 Å². The van der Waals surface area contributed by atoms with Gasteiger partial charge in [0.05, 0.1) is 6.61 Å². The van der Waals surface area contributed by atoms with Gasteiger partial charge in [0.25, 0.3) is 0 Å². The first kappa shape index (κ1) is 9.71. The molecule has 0 aliphatic heterocycles. The van der Waals surface area contributed by atoms with Crippen LogP contribution in [0.5, 0.6) is 0 Å². The molecule has 1 heterocycles. The highest BCUT2D eigenvalue weighted by Gasteiger charge is 2.07. The average molecular weight is 186 g/mol. The largest absolute Gasteiger partial charge is 0.386 e. The van der Waals surface area contributed by atoms with Crippen LogP contribution < -0.4 is 0 Å². The molecule has 68 valence electrons. The minimum atomic E-state index is -0.463. The van der Waals surface area contributed by atoms with Crippen LogP contribution >= 0.6 is 11.3 Å². The first-order valence-electron chi connectivity index (χ1n) is 4.05. The van der Waals surface area contributed by atoms with Crippen molar-refractivity contribution in [1.82, 2.24) is 0 Å². The number of thiophene rings is 1. The Morgan fingerprint density at radius 2 is 2.42 bits per heavy atom. The summed E-state index contributed by atoms with van der Waals surface area (Å²) in [6, 6.07) is 1.99. The van der Waals surface area contributed by atoms with E-state index in [0.29, 0.717) is 13.2 Å². The van der Waals surface area contributed by atoms with Gasteiger partial charge in [-0.2, -0.15) is 0 Å². The molecule has 0 aliphatic rings. The Morgan fingerprint density at radius 3 is 2.92 bits per heavy atom. The van der Waals surface area contributed by atoms with Gasteiger partial charge in [-0.1, -0.05) is 0 Å². The molecule has 0 aliphatic carbocycles. The van der Waals surface area contributed by atoms with Crippen molar-refractivity contribution in [3.8, 4) is 0 Å². The zero-order valence-electron chi connectivity index (χ0n) is 7.41. The predicted molar refractivity (Wildman–Crippen MR) is 50.5 cm³/mol. The smallest absolute Gasteiger partial charge is 0.103 e. The van der Waals surface area contributed by atoms with Gasteiger partial charge in [-0.25, -0.2) is 0 Å². The summed E-state index contributed by atoms with van der Waals surface area (Å²) in [7, 11) is 0. The Balaban J connectivity index is 2.47. The second kappa shape index (κ2) is 4.60. The molecule has 1 unspecified atom stereocenters. The lowest BCUT2D eigenvalue weighted by atomic mass is 10.2. The van der Waals surface area contributed by atoms with E-state index >= 15 is 0 Å². The van der Waals surface area contributed by atoms with Gasteiger partial charge < -0.3 is 9.84 Å². The monoisotopic (exact) mass is 186 g/mol. The van der Waals surface area contributed by atoms with E-state index in [4.69, 9.17) is 4.74 Å². The van der Waals surface area contributed by atoms with E-state index in [9.17, 15) is 5.11 Å². The highest BCUT2D eigenvalue weighted by atomic mass is 32.1. The highest BCUT2D eigenvalue weighted by Crippen LogP contribution is 2.20. The van der Waals surface area contributed by atoms with Gasteiger partial charge in [-0.3, -0.25) is 0 Å². The molecule has 0 saturated heterocycles. The lowest BCUT2D eigenvalue weighted by molar-refractivity contribution is 0.0422. The molecular weight excluding hydrogens is 172 g/mol. The lowest BCUT2D eigenvalue weighted by Crippen LogP contribution is -2.05. The van der Waals surface area contributed by atoms with E-state index in [1.165, 1.54) is 4.88 Å². The molecule has 0 radical (unpaired) electrons. The molecule has 0 amide bonds. The Morgan fingerprint density at radius 1 is 1.67 bits per heavy atom. The third-order valence-electron chi connectivity index (χ3n) is 1.62. The SMILES string of the molecule is CCOCC(O)c1csc(C)c1. The molecule has 1 N–H and O–H groups in total. The van der Waals surface area contributed by atoms with Gasteiger partial charge in [-0.15, -0.1) is 11.3 Å². The molecule has 3 heteroatoms. The number of aliphatic hydroxyl groups is 1. The molecule has 12 heavy (non-hydrogen) atoms. The molecule has 1 atom stereocenters. The minimum absolute atomic E-state index is 0.396. The Hall–Kier alpha value is -0.380. The predicted octanol–water partition coefficient (Wildman–Crippen LogP) is 2.13.